The molecule has 0 spiro atoms. The Morgan fingerprint density at radius 2 is 0.853 bits per heavy atom. The van der Waals surface area contributed by atoms with Crippen molar-refractivity contribution < 1.29 is 162 Å². The summed E-state index contributed by atoms with van der Waals surface area (Å²) in [5.74, 6) is -85.1. The number of halogens is 19. The highest BCUT2D eigenvalue weighted by molar-refractivity contribution is 5.99. The van der Waals surface area contributed by atoms with Gasteiger partial charge in [-0.05, 0) is 58.8 Å². The molecule has 0 aromatic carbocycles. The number of likely N-dealkylation sites (tertiary alicyclic amines) is 1. The van der Waals surface area contributed by atoms with E-state index in [0.29, 0.717) is 0 Å². The van der Waals surface area contributed by atoms with Gasteiger partial charge in [-0.1, -0.05) is 0 Å². The van der Waals surface area contributed by atoms with E-state index in [1.807, 2.05) is 0 Å². The molecule has 0 bridgehead atoms. The number of aliphatic hydroxyl groups is 4. The number of nitrogens with two attached hydrogens (primary N) is 5. The number of primary amides is 1. The summed E-state index contributed by atoms with van der Waals surface area (Å²) in [6.45, 7) is -8.48. The highest BCUT2D eigenvalue weighted by atomic mass is 19.4. The van der Waals surface area contributed by atoms with Gasteiger partial charge < -0.3 is 107 Å². The lowest BCUT2D eigenvalue weighted by molar-refractivity contribution is -0.468. The minimum atomic E-state index is -9.20. The summed E-state index contributed by atoms with van der Waals surface area (Å²) in [5, 5.41) is 65.8. The molecule has 52 heteroatoms. The van der Waals surface area contributed by atoms with E-state index in [1.54, 1.807) is 10.6 Å². The molecule has 0 aromatic heterocycles. The lowest BCUT2D eigenvalue weighted by Crippen LogP contribution is -2.76. The van der Waals surface area contributed by atoms with Crippen molar-refractivity contribution in [3.05, 3.63) is 0 Å². The molecule has 0 aliphatic carbocycles. The van der Waals surface area contributed by atoms with Crippen molar-refractivity contribution in [3.63, 3.8) is 0 Å². The zero-order chi connectivity index (χ0) is 79.4. The van der Waals surface area contributed by atoms with E-state index < -0.39 is 243 Å². The Balaban J connectivity index is 3.38. The molecule has 1 fully saturated rings. The predicted octanol–water partition coefficient (Wildman–Crippen LogP) is -5.08. The van der Waals surface area contributed by atoms with Crippen molar-refractivity contribution in [2.45, 2.75) is 179 Å². The van der Waals surface area contributed by atoms with E-state index >= 15 is 0 Å². The number of nitrogens with one attached hydrogen (secondary N) is 9. The smallest absolute Gasteiger partial charge is 0.460 e. The van der Waals surface area contributed by atoms with Gasteiger partial charge >= 0.3 is 59.5 Å². The van der Waals surface area contributed by atoms with Gasteiger partial charge in [0.1, 0.15) is 54.4 Å². The molecule has 102 heavy (non-hydrogen) atoms. The Morgan fingerprint density at radius 3 is 1.24 bits per heavy atom. The van der Waals surface area contributed by atoms with E-state index in [2.05, 4.69) is 36.6 Å². The standard InChI is InChI=1S/C50H72F19N17O16/c1-19(39(102)86-13-5-8-27(86)38(101)82-23(9-10-29(92)93)34(97)85-30(20(2)90)31(70)94)78-32(95)21(6-3-11-76-40(71)72)80-33(96)22(7-4-12-77-41(73)74)81-36(99)25(16-88)84-37(100)26(17-89)83-35(98)24(15-87)79-28(91)14-75-18-42(51,52)43(53,54)44(55,56)45(57,58)46(59,60)47(61,62)48(63,64)49(65,66)50(67,68)69/h19-27,30,75,87-90H,3-18H2,1-2H3,(H2,70,94)(H,78,95)(H,79,91)(H,80,96)(H,81,99)(H,82,101)(H,83,98)(H,84,100)(H,85,97)(H,92,93)(H4,71,72,76)(H4,73,74,77)/t19-,20+,21-,22-,23-,24-,25-,26-,27-,30-/m0/s1. The van der Waals surface area contributed by atoms with Crippen LogP contribution in [0.2, 0.25) is 0 Å². The first-order valence-corrected chi connectivity index (χ1v) is 29.1. The fourth-order valence-electron chi connectivity index (χ4n) is 8.71. The van der Waals surface area contributed by atoms with E-state index in [-0.39, 0.29) is 51.7 Å². The fourth-order valence-corrected chi connectivity index (χ4v) is 8.71. The van der Waals surface area contributed by atoms with Gasteiger partial charge in [0.25, 0.3) is 0 Å². The number of aliphatic hydroxyl groups excluding tert-OH is 4. The number of aliphatic carboxylic acids is 1. The van der Waals surface area contributed by atoms with E-state index in [0.717, 1.165) is 24.1 Å². The van der Waals surface area contributed by atoms with Crippen LogP contribution in [0.5, 0.6) is 0 Å². The maximum absolute atomic E-state index is 14.5. The first kappa shape index (κ1) is 91.2. The van der Waals surface area contributed by atoms with E-state index in [1.165, 1.54) is 5.32 Å². The number of amides is 10. The second kappa shape index (κ2) is 36.9. The van der Waals surface area contributed by atoms with Crippen molar-refractivity contribution in [1.29, 1.82) is 0 Å². The van der Waals surface area contributed by atoms with Gasteiger partial charge in [-0.3, -0.25) is 62.7 Å². The summed E-state index contributed by atoms with van der Waals surface area (Å²) in [6.07, 6.45) is -12.0. The number of carboxylic acid groups (broad SMARTS) is 1. The van der Waals surface area contributed by atoms with Crippen molar-refractivity contribution >= 4 is 77.0 Å². The molecule has 0 saturated carbocycles. The van der Waals surface area contributed by atoms with Gasteiger partial charge in [0.05, 0.1) is 39.0 Å². The van der Waals surface area contributed by atoms with Crippen LogP contribution in [-0.4, -0.2) is 274 Å². The van der Waals surface area contributed by atoms with Crippen molar-refractivity contribution in [2.24, 2.45) is 38.7 Å². The number of guanidine groups is 2. The van der Waals surface area contributed by atoms with Crippen molar-refractivity contribution in [3.8, 4) is 0 Å². The third-order valence-electron chi connectivity index (χ3n) is 14.4. The summed E-state index contributed by atoms with van der Waals surface area (Å²) in [5.41, 5.74) is 26.7. The summed E-state index contributed by atoms with van der Waals surface area (Å²) in [4.78, 5) is 153. The molecule has 0 aromatic rings. The Hall–Kier alpha value is -8.82. The van der Waals surface area contributed by atoms with E-state index in [4.69, 9.17) is 28.7 Å². The van der Waals surface area contributed by atoms with Crippen LogP contribution in [0.1, 0.15) is 65.2 Å². The number of alkyl halides is 19. The third-order valence-corrected chi connectivity index (χ3v) is 14.4. The van der Waals surface area contributed by atoms with E-state index in [9.17, 15) is 162 Å². The summed E-state index contributed by atoms with van der Waals surface area (Å²) in [7, 11) is 0. The molecule has 10 atom stereocenters. The summed E-state index contributed by atoms with van der Waals surface area (Å²) in [6, 6.07) is -16.9. The maximum Gasteiger partial charge on any atom is 0.460 e. The van der Waals surface area contributed by atoms with Crippen LogP contribution in [-0.2, 0) is 52.7 Å². The summed E-state index contributed by atoms with van der Waals surface area (Å²) < 4.78 is 261. The van der Waals surface area contributed by atoms with Gasteiger partial charge in [-0.15, -0.1) is 0 Å². The molecule has 1 saturated heterocycles. The molecular formula is C50H72F19N17O16. The predicted molar refractivity (Wildman–Crippen MR) is 303 cm³/mol. The normalized spacial score (nSPS) is 16.9. The maximum atomic E-state index is 14.5. The van der Waals surface area contributed by atoms with Crippen LogP contribution in [0.3, 0.4) is 0 Å². The zero-order valence-electron chi connectivity index (χ0n) is 52.7. The number of hydrogen-bond acceptors (Lipinski definition) is 18. The molecule has 1 aliphatic heterocycles. The molecular weight excluding hydrogens is 1460 g/mol. The Bertz CT molecular complexity index is 3030. The molecule has 24 N–H and O–H groups in total. The minimum absolute atomic E-state index is 0.0512. The Kier molecular flexibility index (Phi) is 33.0. The third kappa shape index (κ3) is 22.6. The first-order chi connectivity index (χ1) is 46.5. The number of rotatable bonds is 43. The number of carbonyl (C=O) groups is 11. The number of nitrogens with zero attached hydrogens (tertiary/aromatic N) is 3. The second-order valence-electron chi connectivity index (χ2n) is 22.2. The van der Waals surface area contributed by atoms with Crippen LogP contribution in [0.4, 0.5) is 83.4 Å². The van der Waals surface area contributed by atoms with Gasteiger partial charge in [0.2, 0.25) is 59.1 Å². The largest absolute Gasteiger partial charge is 0.481 e. The van der Waals surface area contributed by atoms with Crippen LogP contribution < -0.4 is 76.5 Å². The summed E-state index contributed by atoms with van der Waals surface area (Å²) >= 11 is 0. The van der Waals surface area contributed by atoms with Crippen LogP contribution >= 0.6 is 0 Å². The molecule has 0 unspecified atom stereocenters. The number of aliphatic imine (C=N–C) groups is 2. The lowest BCUT2D eigenvalue weighted by Gasteiger charge is -2.43. The molecule has 10 amide bonds. The molecule has 1 rings (SSSR count). The van der Waals surface area contributed by atoms with Crippen LogP contribution in [0, 0.1) is 0 Å². The average molecular weight is 1530 g/mol. The molecule has 0 radical (unpaired) electrons. The molecule has 1 heterocycles. The van der Waals surface area contributed by atoms with Gasteiger partial charge in [-0.25, -0.2) is 0 Å². The highest BCUT2D eigenvalue weighted by Crippen LogP contribution is 2.65. The van der Waals surface area contributed by atoms with Crippen molar-refractivity contribution in [2.75, 3.05) is 52.5 Å². The molecule has 586 valence electrons. The SMILES string of the molecule is C[C@H](NC(=O)[C@H](CCCN=C(N)N)NC(=O)[C@H](CCCN=C(N)N)NC(=O)[C@H](CO)NC(=O)[C@H](CO)NC(=O)[C@H](CO)NC(=O)CNCC(F)(F)C(F)(F)C(F)(F)C(F)(F)C(F)(F)C(F)(F)C(F)(F)C(F)(F)C(F)(F)F)C(=O)N1CCC[C@H]1C(=O)N[C@@H](CCC(=O)O)C(=O)N[C@H](C(N)=O)[C@@H](C)O. The molecule has 33 nitrogen and oxygen atoms in total. The van der Waals surface area contributed by atoms with Gasteiger partial charge in [-0.2, -0.15) is 83.4 Å². The lowest BCUT2D eigenvalue weighted by atomic mass is 9.87. The quantitative estimate of drug-likeness (QED) is 0.0118. The second-order valence-corrected chi connectivity index (χ2v) is 22.2. The zero-order valence-corrected chi connectivity index (χ0v) is 52.7. The van der Waals surface area contributed by atoms with Gasteiger partial charge in [0, 0.05) is 26.1 Å². The molecule has 1 aliphatic rings. The first-order valence-electron chi connectivity index (χ1n) is 29.1. The van der Waals surface area contributed by atoms with Crippen molar-refractivity contribution in [1.82, 2.24) is 52.8 Å². The number of hydrogen-bond donors (Lipinski definition) is 19. The fraction of sp³-hybridized carbons (Fsp3) is 0.740. The number of carboxylic acids is 1. The van der Waals surface area contributed by atoms with Gasteiger partial charge in [0.15, 0.2) is 11.9 Å². The topological polar surface area (TPSA) is 555 Å². The highest BCUT2D eigenvalue weighted by Gasteiger charge is 2.96. The van der Waals surface area contributed by atoms with Crippen LogP contribution in [0.25, 0.3) is 0 Å². The monoisotopic (exact) mass is 1530 g/mol. The Labute approximate surface area is 561 Å². The number of carbonyl (C=O) groups excluding carboxylic acids is 10. The van der Waals surface area contributed by atoms with Crippen LogP contribution in [0.15, 0.2) is 9.98 Å². The Morgan fingerprint density at radius 1 is 0.490 bits per heavy atom. The minimum Gasteiger partial charge on any atom is -0.481 e. The average Bonchev–Trinajstić information content (AvgIpc) is 0.740.